The van der Waals surface area contributed by atoms with Crippen LogP contribution >= 0.6 is 0 Å². The van der Waals surface area contributed by atoms with Gasteiger partial charge < -0.3 is 10.6 Å². The maximum atomic E-state index is 7.00. The van der Waals surface area contributed by atoms with Gasteiger partial charge in [-0.25, -0.2) is 0 Å². The Labute approximate surface area is 201 Å². The van der Waals surface area contributed by atoms with Crippen molar-refractivity contribution in [1.82, 2.24) is 0 Å². The second-order valence-corrected chi connectivity index (χ2v) is 8.50. The van der Waals surface area contributed by atoms with Crippen molar-refractivity contribution in [1.29, 1.82) is 0 Å². The predicted octanol–water partition coefficient (Wildman–Crippen LogP) is 8.69. The van der Waals surface area contributed by atoms with Crippen molar-refractivity contribution in [3.8, 4) is 22.3 Å². The SMILES string of the molecule is Cc1c(N)c(N(c2ccccc2)c2ccccc2)c(C)c(-c2ccccc2)c1-c1ccccc1. The molecule has 2 heteroatoms. The minimum absolute atomic E-state index is 0.795. The Bertz CT molecular complexity index is 1350. The van der Waals surface area contributed by atoms with Crippen molar-refractivity contribution in [2.24, 2.45) is 0 Å². The first-order chi connectivity index (χ1) is 16.7. The van der Waals surface area contributed by atoms with Gasteiger partial charge in [0.25, 0.3) is 0 Å². The van der Waals surface area contributed by atoms with Crippen LogP contribution in [0.2, 0.25) is 0 Å². The first-order valence-corrected chi connectivity index (χ1v) is 11.6. The monoisotopic (exact) mass is 440 g/mol. The summed E-state index contributed by atoms with van der Waals surface area (Å²) in [6.07, 6.45) is 0. The molecule has 0 spiro atoms. The van der Waals surface area contributed by atoms with Crippen LogP contribution in [-0.4, -0.2) is 0 Å². The van der Waals surface area contributed by atoms with E-state index in [4.69, 9.17) is 5.73 Å². The third kappa shape index (κ3) is 3.84. The van der Waals surface area contributed by atoms with Crippen LogP contribution in [0.3, 0.4) is 0 Å². The molecule has 0 atom stereocenters. The number of para-hydroxylation sites is 2. The van der Waals surface area contributed by atoms with Crippen LogP contribution in [0, 0.1) is 13.8 Å². The molecule has 2 nitrogen and oxygen atoms in total. The molecule has 5 rings (SSSR count). The van der Waals surface area contributed by atoms with Crippen LogP contribution in [0.25, 0.3) is 22.3 Å². The number of rotatable bonds is 5. The van der Waals surface area contributed by atoms with Gasteiger partial charge in [-0.2, -0.15) is 0 Å². The van der Waals surface area contributed by atoms with E-state index < -0.39 is 0 Å². The van der Waals surface area contributed by atoms with Gasteiger partial charge in [0.15, 0.2) is 0 Å². The molecule has 0 unspecified atom stereocenters. The van der Waals surface area contributed by atoms with Crippen molar-refractivity contribution in [2.75, 3.05) is 10.6 Å². The van der Waals surface area contributed by atoms with E-state index in [1.807, 2.05) is 12.1 Å². The summed E-state index contributed by atoms with van der Waals surface area (Å²) < 4.78 is 0. The fourth-order valence-electron chi connectivity index (χ4n) is 4.79. The molecule has 166 valence electrons. The number of nitrogens with zero attached hydrogens (tertiary/aromatic N) is 1. The maximum Gasteiger partial charge on any atom is 0.0729 e. The van der Waals surface area contributed by atoms with E-state index in [1.165, 1.54) is 22.3 Å². The summed E-state index contributed by atoms with van der Waals surface area (Å²) in [6.45, 7) is 4.33. The second-order valence-electron chi connectivity index (χ2n) is 8.50. The van der Waals surface area contributed by atoms with Crippen molar-refractivity contribution < 1.29 is 0 Å². The Morgan fingerprint density at radius 1 is 0.471 bits per heavy atom. The van der Waals surface area contributed by atoms with Crippen molar-refractivity contribution in [3.63, 3.8) is 0 Å². The molecular weight excluding hydrogens is 412 g/mol. The summed E-state index contributed by atoms with van der Waals surface area (Å²) in [5.41, 5.74) is 18.0. The summed E-state index contributed by atoms with van der Waals surface area (Å²) in [7, 11) is 0. The zero-order valence-electron chi connectivity index (χ0n) is 19.6. The lowest BCUT2D eigenvalue weighted by molar-refractivity contribution is 1.24. The Kier molecular flexibility index (Phi) is 5.88. The highest BCUT2D eigenvalue weighted by atomic mass is 15.2. The van der Waals surface area contributed by atoms with Crippen LogP contribution in [0.5, 0.6) is 0 Å². The molecule has 0 bridgehead atoms. The van der Waals surface area contributed by atoms with Gasteiger partial charge in [0, 0.05) is 11.4 Å². The highest BCUT2D eigenvalue weighted by Crippen LogP contribution is 2.49. The minimum atomic E-state index is 0.795. The van der Waals surface area contributed by atoms with Crippen LogP contribution < -0.4 is 10.6 Å². The van der Waals surface area contributed by atoms with Crippen molar-refractivity contribution in [2.45, 2.75) is 13.8 Å². The minimum Gasteiger partial charge on any atom is -0.397 e. The summed E-state index contributed by atoms with van der Waals surface area (Å²) in [5, 5.41) is 0. The molecule has 0 aliphatic rings. The molecule has 0 aliphatic heterocycles. The van der Waals surface area contributed by atoms with E-state index in [9.17, 15) is 0 Å². The van der Waals surface area contributed by atoms with Gasteiger partial charge in [-0.3, -0.25) is 0 Å². The Hall–Kier alpha value is -4.30. The zero-order valence-corrected chi connectivity index (χ0v) is 19.6. The first kappa shape index (κ1) is 21.5. The molecular formula is C32H28N2. The average molecular weight is 441 g/mol. The lowest BCUT2D eigenvalue weighted by Gasteiger charge is -2.32. The Balaban J connectivity index is 1.88. The van der Waals surface area contributed by atoms with Crippen LogP contribution in [0.1, 0.15) is 11.1 Å². The molecule has 0 aliphatic carbocycles. The lowest BCUT2D eigenvalue weighted by atomic mass is 9.85. The van der Waals surface area contributed by atoms with Gasteiger partial charge >= 0.3 is 0 Å². The topological polar surface area (TPSA) is 29.3 Å². The van der Waals surface area contributed by atoms with Crippen LogP contribution in [0.4, 0.5) is 22.7 Å². The van der Waals surface area contributed by atoms with Gasteiger partial charge in [0.05, 0.1) is 11.4 Å². The summed E-state index contributed by atoms with van der Waals surface area (Å²) >= 11 is 0. The number of benzene rings is 5. The van der Waals surface area contributed by atoms with Crippen molar-refractivity contribution in [3.05, 3.63) is 132 Å². The fourth-order valence-corrected chi connectivity index (χ4v) is 4.79. The molecule has 0 fully saturated rings. The van der Waals surface area contributed by atoms with E-state index in [0.29, 0.717) is 0 Å². The van der Waals surface area contributed by atoms with Gasteiger partial charge in [0.2, 0.25) is 0 Å². The Morgan fingerprint density at radius 2 is 0.824 bits per heavy atom. The molecule has 0 saturated heterocycles. The molecule has 0 radical (unpaired) electrons. The highest BCUT2D eigenvalue weighted by Gasteiger charge is 2.25. The summed E-state index contributed by atoms with van der Waals surface area (Å²) in [6, 6.07) is 42.1. The van der Waals surface area contributed by atoms with E-state index in [2.05, 4.69) is 128 Å². The molecule has 0 aromatic heterocycles. The van der Waals surface area contributed by atoms with E-state index in [0.717, 1.165) is 33.9 Å². The predicted molar refractivity (Wildman–Crippen MR) is 146 cm³/mol. The lowest BCUT2D eigenvalue weighted by Crippen LogP contribution is -2.15. The number of hydrogen-bond acceptors (Lipinski definition) is 2. The van der Waals surface area contributed by atoms with Gasteiger partial charge in [-0.1, -0.05) is 97.1 Å². The quantitative estimate of drug-likeness (QED) is 0.277. The van der Waals surface area contributed by atoms with Gasteiger partial charge in [-0.05, 0) is 71.5 Å². The van der Waals surface area contributed by atoms with Crippen LogP contribution in [-0.2, 0) is 0 Å². The molecule has 2 N–H and O–H groups in total. The van der Waals surface area contributed by atoms with Crippen LogP contribution in [0.15, 0.2) is 121 Å². The third-order valence-electron chi connectivity index (χ3n) is 6.39. The maximum absolute atomic E-state index is 7.00. The van der Waals surface area contributed by atoms with E-state index in [1.54, 1.807) is 0 Å². The standard InChI is InChI=1S/C32H28N2/c1-23-29(25-15-7-3-8-16-25)30(26-17-9-4-10-18-26)24(2)32(31(23)33)34(27-19-11-5-12-20-27)28-21-13-6-14-22-28/h3-22H,33H2,1-2H3. The summed E-state index contributed by atoms with van der Waals surface area (Å²) in [5.74, 6) is 0. The fraction of sp³-hybridized carbons (Fsp3) is 0.0625. The molecule has 0 amide bonds. The largest absolute Gasteiger partial charge is 0.397 e. The second kappa shape index (κ2) is 9.29. The molecule has 34 heavy (non-hydrogen) atoms. The van der Waals surface area contributed by atoms with E-state index >= 15 is 0 Å². The smallest absolute Gasteiger partial charge is 0.0729 e. The van der Waals surface area contributed by atoms with E-state index in [-0.39, 0.29) is 0 Å². The molecule has 0 saturated carbocycles. The third-order valence-corrected chi connectivity index (χ3v) is 6.39. The highest BCUT2D eigenvalue weighted by molar-refractivity contribution is 5.99. The number of anilines is 4. The first-order valence-electron chi connectivity index (χ1n) is 11.6. The summed E-state index contributed by atoms with van der Waals surface area (Å²) in [4.78, 5) is 2.28. The number of nitrogen functional groups attached to an aromatic ring is 1. The van der Waals surface area contributed by atoms with Gasteiger partial charge in [0.1, 0.15) is 0 Å². The molecule has 0 heterocycles. The van der Waals surface area contributed by atoms with Crippen molar-refractivity contribution >= 4 is 22.7 Å². The zero-order chi connectivity index (χ0) is 23.5. The number of nitrogens with two attached hydrogens (primary N) is 1. The molecule has 5 aromatic rings. The number of hydrogen-bond donors (Lipinski definition) is 1. The normalized spacial score (nSPS) is 10.8. The Morgan fingerprint density at radius 3 is 1.24 bits per heavy atom. The average Bonchev–Trinajstić information content (AvgIpc) is 2.90. The van der Waals surface area contributed by atoms with Gasteiger partial charge in [-0.15, -0.1) is 0 Å². The molecule has 5 aromatic carbocycles.